The summed E-state index contributed by atoms with van der Waals surface area (Å²) in [6, 6.07) is 24.7. The number of carbonyl (C=O) groups excluding carboxylic acids is 1. The molecule has 1 fully saturated rings. The molecule has 0 aliphatic heterocycles. The van der Waals surface area contributed by atoms with Crippen LogP contribution in [-0.2, 0) is 21.7 Å². The highest BCUT2D eigenvalue weighted by molar-refractivity contribution is 7.92. The van der Waals surface area contributed by atoms with E-state index in [9.17, 15) is 13.2 Å². The van der Waals surface area contributed by atoms with Crippen LogP contribution in [-0.4, -0.2) is 51.5 Å². The van der Waals surface area contributed by atoms with Crippen LogP contribution in [0.15, 0.2) is 102 Å². The molecule has 13 heteroatoms. The topological polar surface area (TPSA) is 150 Å². The second-order valence-electron chi connectivity index (χ2n) is 13.4. The maximum absolute atomic E-state index is 13.5. The van der Waals surface area contributed by atoms with Gasteiger partial charge in [0.1, 0.15) is 17.4 Å². The van der Waals surface area contributed by atoms with Crippen LogP contribution in [0.25, 0.3) is 16.5 Å². The molecule has 3 aromatic carbocycles. The van der Waals surface area contributed by atoms with E-state index in [-0.39, 0.29) is 10.7 Å². The van der Waals surface area contributed by atoms with E-state index >= 15 is 0 Å². The van der Waals surface area contributed by atoms with E-state index in [2.05, 4.69) is 46.4 Å². The molecule has 51 heavy (non-hydrogen) atoms. The third-order valence-corrected chi connectivity index (χ3v) is 10.7. The first-order chi connectivity index (χ1) is 24.5. The fraction of sp³-hybridized carbons (Fsp3) is 0.237. The number of hydrogen-bond acceptors (Lipinski definition) is 9. The first-order valence-electron chi connectivity index (χ1n) is 16.5. The SMILES string of the molecule is COc1ccc(-n2nc(C(C)(C)C)cc2NC(=O)Nc2ccc(Oc3ccnc(Cc4cccc(S(=O)(=O)C5CC5)c4)n3)c3ccccc23)cn1. The van der Waals surface area contributed by atoms with Crippen LogP contribution in [0.4, 0.5) is 16.3 Å². The minimum atomic E-state index is -3.30. The number of fused-ring (bicyclic) bond motifs is 1. The first kappa shape index (κ1) is 33.7. The van der Waals surface area contributed by atoms with Gasteiger partial charge in [0.05, 0.1) is 40.5 Å². The summed E-state index contributed by atoms with van der Waals surface area (Å²) in [5.74, 6) is 2.31. The Hall–Kier alpha value is -5.82. The van der Waals surface area contributed by atoms with Crippen LogP contribution in [0.1, 0.15) is 50.7 Å². The number of nitrogens with one attached hydrogen (secondary N) is 2. The van der Waals surface area contributed by atoms with Crippen molar-refractivity contribution in [2.45, 2.75) is 55.6 Å². The summed E-state index contributed by atoms with van der Waals surface area (Å²) in [5, 5.41) is 11.9. The van der Waals surface area contributed by atoms with Gasteiger partial charge in [0.2, 0.25) is 11.8 Å². The van der Waals surface area contributed by atoms with Crippen molar-refractivity contribution in [3.8, 4) is 23.2 Å². The molecule has 0 spiro atoms. The van der Waals surface area contributed by atoms with E-state index in [0.717, 1.165) is 22.0 Å². The highest BCUT2D eigenvalue weighted by Crippen LogP contribution is 2.35. The Balaban J connectivity index is 1.10. The number of amides is 2. The lowest BCUT2D eigenvalue weighted by molar-refractivity contribution is 0.262. The first-order valence-corrected chi connectivity index (χ1v) is 18.1. The molecule has 0 bridgehead atoms. The van der Waals surface area contributed by atoms with Crippen molar-refractivity contribution in [1.82, 2.24) is 24.7 Å². The van der Waals surface area contributed by atoms with Crippen molar-refractivity contribution in [3.63, 3.8) is 0 Å². The number of hydrogen-bond donors (Lipinski definition) is 2. The molecule has 6 aromatic rings. The zero-order valence-electron chi connectivity index (χ0n) is 28.6. The van der Waals surface area contributed by atoms with Crippen LogP contribution in [0.5, 0.6) is 17.5 Å². The average molecular weight is 704 g/mol. The number of anilines is 2. The van der Waals surface area contributed by atoms with Gasteiger partial charge >= 0.3 is 6.03 Å². The van der Waals surface area contributed by atoms with Gasteiger partial charge in [-0.3, -0.25) is 5.32 Å². The van der Waals surface area contributed by atoms with Crippen LogP contribution < -0.4 is 20.1 Å². The molecule has 7 rings (SSSR count). The predicted molar refractivity (Wildman–Crippen MR) is 195 cm³/mol. The van der Waals surface area contributed by atoms with Crippen molar-refractivity contribution in [3.05, 3.63) is 114 Å². The number of pyridine rings is 1. The van der Waals surface area contributed by atoms with Crippen molar-refractivity contribution in [2.75, 3.05) is 17.7 Å². The van der Waals surface area contributed by atoms with E-state index in [1.165, 1.54) is 0 Å². The monoisotopic (exact) mass is 703 g/mol. The molecule has 0 saturated heterocycles. The summed E-state index contributed by atoms with van der Waals surface area (Å²) in [6.45, 7) is 6.16. The molecule has 0 atom stereocenters. The molecule has 2 amide bonds. The number of ether oxygens (including phenoxy) is 2. The number of benzene rings is 3. The quantitative estimate of drug-likeness (QED) is 0.148. The number of aromatic nitrogens is 5. The molecule has 0 radical (unpaired) electrons. The van der Waals surface area contributed by atoms with Crippen molar-refractivity contribution >= 4 is 38.1 Å². The molecule has 0 unspecified atom stereocenters. The van der Waals surface area contributed by atoms with E-state index in [1.54, 1.807) is 66.6 Å². The Morgan fingerprint density at radius 2 is 1.71 bits per heavy atom. The van der Waals surface area contributed by atoms with Gasteiger partial charge in [-0.1, -0.05) is 57.2 Å². The number of rotatable bonds is 10. The molecular formula is C38H37N7O5S. The lowest BCUT2D eigenvalue weighted by atomic mass is 9.92. The van der Waals surface area contributed by atoms with E-state index in [1.807, 2.05) is 42.5 Å². The van der Waals surface area contributed by atoms with Crippen LogP contribution in [0.3, 0.4) is 0 Å². The van der Waals surface area contributed by atoms with E-state index in [4.69, 9.17) is 14.6 Å². The highest BCUT2D eigenvalue weighted by atomic mass is 32.2. The van der Waals surface area contributed by atoms with Gasteiger partial charge in [0.15, 0.2) is 9.84 Å². The highest BCUT2D eigenvalue weighted by Gasteiger charge is 2.36. The van der Waals surface area contributed by atoms with Gasteiger partial charge < -0.3 is 14.8 Å². The van der Waals surface area contributed by atoms with E-state index < -0.39 is 15.9 Å². The lowest BCUT2D eigenvalue weighted by Crippen LogP contribution is -2.21. The largest absolute Gasteiger partial charge is 0.481 e. The third-order valence-electron chi connectivity index (χ3n) is 8.47. The Kier molecular flexibility index (Phi) is 8.90. The lowest BCUT2D eigenvalue weighted by Gasteiger charge is -2.14. The second-order valence-corrected chi connectivity index (χ2v) is 15.6. The summed E-state index contributed by atoms with van der Waals surface area (Å²) in [7, 11) is -1.75. The van der Waals surface area contributed by atoms with Gasteiger partial charge in [0, 0.05) is 47.0 Å². The predicted octanol–water partition coefficient (Wildman–Crippen LogP) is 7.48. The molecule has 260 valence electrons. The van der Waals surface area contributed by atoms with Crippen LogP contribution >= 0.6 is 0 Å². The fourth-order valence-corrected chi connectivity index (χ4v) is 7.34. The van der Waals surface area contributed by atoms with Crippen LogP contribution in [0, 0.1) is 0 Å². The van der Waals surface area contributed by atoms with E-state index in [0.29, 0.717) is 64.7 Å². The zero-order chi connectivity index (χ0) is 35.8. The number of sulfone groups is 1. The standard InChI is InChI=1S/C38H37N7O5S/c1-38(2,3)32-22-34(45(44-32)25-12-17-35(49-4)40-23-25)43-37(46)41-30-15-16-31(29-11-6-5-10-28(29)30)50-36-18-19-39-33(42-36)21-24-8-7-9-27(20-24)51(47,48)26-13-14-26/h5-12,15-20,22-23,26H,13-14,21H2,1-4H3,(H2,41,43,46). The molecule has 2 N–H and O–H groups in total. The summed E-state index contributed by atoms with van der Waals surface area (Å²) < 4.78 is 38.6. The van der Waals surface area contributed by atoms with Gasteiger partial charge in [-0.25, -0.2) is 27.9 Å². The summed E-state index contributed by atoms with van der Waals surface area (Å²) >= 11 is 0. The summed E-state index contributed by atoms with van der Waals surface area (Å²) in [5.41, 5.74) is 2.57. The Labute approximate surface area is 295 Å². The maximum atomic E-state index is 13.5. The molecule has 12 nitrogen and oxygen atoms in total. The van der Waals surface area contributed by atoms with Crippen molar-refractivity contribution in [1.29, 1.82) is 0 Å². The molecule has 3 aromatic heterocycles. The molecule has 1 saturated carbocycles. The minimum absolute atomic E-state index is 0.266. The Morgan fingerprint density at radius 3 is 2.43 bits per heavy atom. The van der Waals surface area contributed by atoms with Crippen LogP contribution in [0.2, 0.25) is 0 Å². The molecular weight excluding hydrogens is 667 g/mol. The zero-order valence-corrected chi connectivity index (χ0v) is 29.4. The number of urea groups is 1. The smallest absolute Gasteiger partial charge is 0.324 e. The maximum Gasteiger partial charge on any atom is 0.324 e. The van der Waals surface area contributed by atoms with Gasteiger partial charge in [-0.15, -0.1) is 0 Å². The van der Waals surface area contributed by atoms with Gasteiger partial charge in [-0.2, -0.15) is 10.1 Å². The molecule has 1 aliphatic carbocycles. The second kappa shape index (κ2) is 13.5. The summed E-state index contributed by atoms with van der Waals surface area (Å²) in [6.07, 6.45) is 5.01. The number of methoxy groups -OCH3 is 1. The van der Waals surface area contributed by atoms with Crippen molar-refractivity contribution < 1.29 is 22.7 Å². The van der Waals surface area contributed by atoms with Crippen molar-refractivity contribution in [2.24, 2.45) is 0 Å². The Morgan fingerprint density at radius 1 is 0.902 bits per heavy atom. The fourth-order valence-electron chi connectivity index (χ4n) is 5.61. The number of carbonyl (C=O) groups is 1. The molecule has 3 heterocycles. The van der Waals surface area contributed by atoms with Gasteiger partial charge in [0.25, 0.3) is 0 Å². The number of nitrogens with zero attached hydrogens (tertiary/aromatic N) is 5. The minimum Gasteiger partial charge on any atom is -0.481 e. The third kappa shape index (κ3) is 7.38. The van der Waals surface area contributed by atoms with Gasteiger partial charge in [-0.05, 0) is 48.7 Å². The normalized spacial score (nSPS) is 13.2. The summed E-state index contributed by atoms with van der Waals surface area (Å²) in [4.78, 5) is 27.1. The average Bonchev–Trinajstić information content (AvgIpc) is 3.90. The Bertz CT molecular complexity index is 2350. The molecule has 1 aliphatic rings.